The van der Waals surface area contributed by atoms with Gasteiger partial charge >= 0.3 is 0 Å². The summed E-state index contributed by atoms with van der Waals surface area (Å²) in [6, 6.07) is 1.49. The Kier molecular flexibility index (Phi) is 4.83. The number of amides is 2. The number of carbonyl (C=O) groups is 2. The second-order valence-corrected chi connectivity index (χ2v) is 11.5. The zero-order valence-corrected chi connectivity index (χ0v) is 17.1. The third kappa shape index (κ3) is 3.78. The normalized spacial score (nSPS) is 31.7. The summed E-state index contributed by atoms with van der Waals surface area (Å²) in [7, 11) is -3.37. The van der Waals surface area contributed by atoms with Gasteiger partial charge in [-0.1, -0.05) is 0 Å². The Morgan fingerprint density at radius 2 is 1.74 bits per heavy atom. The molecule has 4 bridgehead atoms. The number of carbonyl (C=O) groups excluding carboxylic acids is 2. The molecule has 4 fully saturated rings. The van der Waals surface area contributed by atoms with Crippen LogP contribution in [-0.4, -0.2) is 33.0 Å². The van der Waals surface area contributed by atoms with Crippen molar-refractivity contribution in [3.05, 3.63) is 11.4 Å². The van der Waals surface area contributed by atoms with Gasteiger partial charge in [-0.2, -0.15) is 0 Å². The highest BCUT2D eigenvalue weighted by molar-refractivity contribution is 7.91. The number of hydrogen-bond donors (Lipinski definition) is 2. The molecule has 2 N–H and O–H groups in total. The van der Waals surface area contributed by atoms with Crippen molar-refractivity contribution in [1.29, 1.82) is 0 Å². The summed E-state index contributed by atoms with van der Waals surface area (Å²) in [4.78, 5) is 25.2. The Hall–Kier alpha value is -1.41. The van der Waals surface area contributed by atoms with Gasteiger partial charge < -0.3 is 10.6 Å². The first-order chi connectivity index (χ1) is 12.7. The molecule has 1 aromatic heterocycles. The van der Waals surface area contributed by atoms with E-state index in [0.717, 1.165) is 25.5 Å². The van der Waals surface area contributed by atoms with Gasteiger partial charge in [-0.25, -0.2) is 8.42 Å². The first-order valence-electron chi connectivity index (χ1n) is 9.61. The van der Waals surface area contributed by atoms with Crippen molar-refractivity contribution in [3.8, 4) is 0 Å². The molecule has 0 saturated heterocycles. The third-order valence-corrected chi connectivity index (χ3v) is 8.54. The van der Waals surface area contributed by atoms with E-state index >= 15 is 0 Å². The topological polar surface area (TPSA) is 92.3 Å². The summed E-state index contributed by atoms with van der Waals surface area (Å²) < 4.78 is 23.4. The van der Waals surface area contributed by atoms with Gasteiger partial charge in [0.15, 0.2) is 9.84 Å². The van der Waals surface area contributed by atoms with Crippen LogP contribution in [0.5, 0.6) is 0 Å². The zero-order chi connectivity index (χ0) is 19.2. The number of sulfone groups is 1. The van der Waals surface area contributed by atoms with Crippen LogP contribution in [0.15, 0.2) is 16.3 Å². The molecule has 0 radical (unpaired) electrons. The molecule has 0 aromatic carbocycles. The SMILES string of the molecule is CS(=O)(=O)c1ccsc1NC(=O)CCNC(=O)C12CC3CC(CC(C3)C1)C2. The molecule has 4 aliphatic carbocycles. The van der Waals surface area contributed by atoms with E-state index < -0.39 is 9.84 Å². The van der Waals surface area contributed by atoms with Crippen molar-refractivity contribution in [1.82, 2.24) is 5.32 Å². The summed E-state index contributed by atoms with van der Waals surface area (Å²) in [5.74, 6) is 1.95. The number of rotatable bonds is 6. The maximum absolute atomic E-state index is 12.9. The van der Waals surface area contributed by atoms with E-state index in [1.165, 1.54) is 36.7 Å². The van der Waals surface area contributed by atoms with E-state index in [-0.39, 0.29) is 35.1 Å². The molecule has 2 amide bonds. The van der Waals surface area contributed by atoms with Crippen molar-refractivity contribution < 1.29 is 18.0 Å². The summed E-state index contributed by atoms with van der Waals surface area (Å²) in [6.07, 6.45) is 8.14. The fourth-order valence-corrected chi connectivity index (χ4v) is 7.82. The molecule has 8 heteroatoms. The van der Waals surface area contributed by atoms with Crippen LogP contribution in [-0.2, 0) is 19.4 Å². The third-order valence-electron chi connectivity index (χ3n) is 6.44. The van der Waals surface area contributed by atoms with Gasteiger partial charge in [0.1, 0.15) is 9.90 Å². The molecule has 4 aliphatic rings. The number of nitrogens with one attached hydrogen (secondary N) is 2. The van der Waals surface area contributed by atoms with E-state index in [1.54, 1.807) is 5.38 Å². The Morgan fingerprint density at radius 1 is 1.15 bits per heavy atom. The van der Waals surface area contributed by atoms with Crippen molar-refractivity contribution in [2.75, 3.05) is 18.1 Å². The first kappa shape index (κ1) is 18.9. The fraction of sp³-hybridized carbons (Fsp3) is 0.684. The highest BCUT2D eigenvalue weighted by atomic mass is 32.2. The molecule has 0 unspecified atom stereocenters. The lowest BCUT2D eigenvalue weighted by Crippen LogP contribution is -2.53. The Balaban J connectivity index is 1.29. The van der Waals surface area contributed by atoms with Gasteiger partial charge in [0.05, 0.1) is 0 Å². The molecule has 4 saturated carbocycles. The van der Waals surface area contributed by atoms with Crippen LogP contribution < -0.4 is 10.6 Å². The Labute approximate surface area is 164 Å². The summed E-state index contributed by atoms with van der Waals surface area (Å²) in [6.45, 7) is 0.284. The Morgan fingerprint density at radius 3 is 2.30 bits per heavy atom. The highest BCUT2D eigenvalue weighted by Gasteiger charge is 2.54. The molecule has 148 valence electrons. The molecule has 1 heterocycles. The zero-order valence-electron chi connectivity index (χ0n) is 15.5. The van der Waals surface area contributed by atoms with Gasteiger partial charge in [-0.15, -0.1) is 11.3 Å². The summed E-state index contributed by atoms with van der Waals surface area (Å²) >= 11 is 1.18. The average molecular weight is 411 g/mol. The molecule has 0 atom stereocenters. The molecule has 5 rings (SSSR count). The number of hydrogen-bond acceptors (Lipinski definition) is 5. The minimum absolute atomic E-state index is 0.113. The van der Waals surface area contributed by atoms with Crippen LogP contribution >= 0.6 is 11.3 Å². The maximum atomic E-state index is 12.9. The smallest absolute Gasteiger partial charge is 0.226 e. The largest absolute Gasteiger partial charge is 0.355 e. The van der Waals surface area contributed by atoms with E-state index in [0.29, 0.717) is 22.8 Å². The van der Waals surface area contributed by atoms with Gasteiger partial charge in [-0.05, 0) is 67.7 Å². The molecule has 27 heavy (non-hydrogen) atoms. The summed E-state index contributed by atoms with van der Waals surface area (Å²) in [5, 5.41) is 7.62. The quantitative estimate of drug-likeness (QED) is 0.754. The highest BCUT2D eigenvalue weighted by Crippen LogP contribution is 2.60. The predicted octanol–water partition coefficient (Wildman–Crippen LogP) is 2.81. The van der Waals surface area contributed by atoms with Crippen LogP contribution in [0.2, 0.25) is 0 Å². The lowest BCUT2D eigenvalue weighted by molar-refractivity contribution is -0.146. The van der Waals surface area contributed by atoms with Crippen LogP contribution in [0.1, 0.15) is 44.9 Å². The molecular weight excluding hydrogens is 384 g/mol. The van der Waals surface area contributed by atoms with Crippen LogP contribution in [0, 0.1) is 23.2 Å². The van der Waals surface area contributed by atoms with E-state index in [4.69, 9.17) is 0 Å². The second kappa shape index (κ2) is 6.88. The number of thiophene rings is 1. The van der Waals surface area contributed by atoms with E-state index in [1.807, 2.05) is 0 Å². The molecule has 6 nitrogen and oxygen atoms in total. The average Bonchev–Trinajstić information content (AvgIpc) is 3.01. The van der Waals surface area contributed by atoms with Gasteiger partial charge in [-0.3, -0.25) is 9.59 Å². The van der Waals surface area contributed by atoms with E-state index in [9.17, 15) is 18.0 Å². The van der Waals surface area contributed by atoms with Gasteiger partial charge in [0, 0.05) is 24.6 Å². The lowest BCUT2D eigenvalue weighted by atomic mass is 9.49. The van der Waals surface area contributed by atoms with Crippen molar-refractivity contribution in [2.45, 2.75) is 49.8 Å². The second-order valence-electron chi connectivity index (χ2n) is 8.64. The van der Waals surface area contributed by atoms with Gasteiger partial charge in [0.2, 0.25) is 11.8 Å². The fourth-order valence-electron chi connectivity index (χ4n) is 5.74. The molecule has 0 spiro atoms. The predicted molar refractivity (Wildman–Crippen MR) is 104 cm³/mol. The van der Waals surface area contributed by atoms with Gasteiger partial charge in [0.25, 0.3) is 0 Å². The maximum Gasteiger partial charge on any atom is 0.226 e. The van der Waals surface area contributed by atoms with Crippen LogP contribution in [0.25, 0.3) is 0 Å². The van der Waals surface area contributed by atoms with Crippen LogP contribution in [0.3, 0.4) is 0 Å². The number of anilines is 1. The lowest BCUT2D eigenvalue weighted by Gasteiger charge is -2.55. The van der Waals surface area contributed by atoms with Crippen LogP contribution in [0.4, 0.5) is 5.00 Å². The molecule has 1 aromatic rings. The summed E-state index contributed by atoms with van der Waals surface area (Å²) in [5.41, 5.74) is -0.206. The molecule has 0 aliphatic heterocycles. The minimum Gasteiger partial charge on any atom is -0.355 e. The standard InChI is InChI=1S/C19H26N2O4S2/c1-27(24,25)15-3-5-26-17(15)21-16(22)2-4-20-18(23)19-9-12-6-13(10-19)8-14(7-12)11-19/h3,5,12-14H,2,4,6-11H2,1H3,(H,20,23)(H,21,22). The van der Waals surface area contributed by atoms with Crippen molar-refractivity contribution in [3.63, 3.8) is 0 Å². The molecular formula is C19H26N2O4S2. The van der Waals surface area contributed by atoms with Crippen molar-refractivity contribution in [2.24, 2.45) is 23.2 Å². The van der Waals surface area contributed by atoms with Crippen molar-refractivity contribution >= 4 is 38.0 Å². The van der Waals surface area contributed by atoms with E-state index in [2.05, 4.69) is 10.6 Å². The monoisotopic (exact) mass is 410 g/mol. The minimum atomic E-state index is -3.37. The first-order valence-corrected chi connectivity index (χ1v) is 12.4. The Bertz CT molecular complexity index is 824.